The van der Waals surface area contributed by atoms with Gasteiger partial charge in [-0.25, -0.2) is 0 Å². The van der Waals surface area contributed by atoms with Crippen LogP contribution in [0.15, 0.2) is 72.8 Å². The van der Waals surface area contributed by atoms with Crippen LogP contribution in [0.5, 0.6) is 0 Å². The Morgan fingerprint density at radius 3 is 1.71 bits per heavy atom. The maximum atomic E-state index is 14.6. The molecule has 0 spiro atoms. The average molecular weight is 340 g/mol. The lowest BCUT2D eigenvalue weighted by molar-refractivity contribution is 0.374. The van der Waals surface area contributed by atoms with Gasteiger partial charge in [0.25, 0.3) is 0 Å². The van der Waals surface area contributed by atoms with Crippen LogP contribution in [0.4, 0.5) is 0 Å². The number of hydrogen-bond donors (Lipinski definition) is 0. The number of benzene rings is 2. The lowest BCUT2D eigenvalue weighted by Gasteiger charge is -2.36. The quantitative estimate of drug-likeness (QED) is 0.472. The van der Waals surface area contributed by atoms with Gasteiger partial charge in [-0.2, -0.15) is 0 Å². The van der Waals surface area contributed by atoms with Crippen molar-refractivity contribution >= 4 is 17.8 Å². The Balaban J connectivity index is 2.69. The van der Waals surface area contributed by atoms with Gasteiger partial charge < -0.3 is 4.57 Å². The molecule has 2 aromatic carbocycles. The van der Waals surface area contributed by atoms with E-state index < -0.39 is 7.14 Å². The summed E-state index contributed by atoms with van der Waals surface area (Å²) in [7, 11) is -2.81. The van der Waals surface area contributed by atoms with Crippen molar-refractivity contribution in [3.05, 3.63) is 72.8 Å². The fourth-order valence-corrected chi connectivity index (χ4v) is 7.29. The van der Waals surface area contributed by atoms with E-state index in [1.165, 1.54) is 0 Å². The predicted molar refractivity (Wildman–Crippen MR) is 107 cm³/mol. The van der Waals surface area contributed by atoms with Crippen LogP contribution < -0.4 is 10.6 Å². The molecule has 1 unspecified atom stereocenters. The van der Waals surface area contributed by atoms with Crippen molar-refractivity contribution < 1.29 is 4.57 Å². The first kappa shape index (κ1) is 18.7. The summed E-state index contributed by atoms with van der Waals surface area (Å²) >= 11 is 0. The monoisotopic (exact) mass is 340 g/mol. The molecule has 0 radical (unpaired) electrons. The standard InChI is InChI=1S/C22H29OP/c1-6-18(4)19(5)22(17(2)3)24(23,20-13-9-7-10-14-20)21-15-11-8-12-16-21/h7-16,18-19,22H,2,6H2,1,3-5H3/t18-,19+,22?/m1/s1. The topological polar surface area (TPSA) is 17.1 Å². The smallest absolute Gasteiger partial charge is 0.150 e. The zero-order valence-corrected chi connectivity index (χ0v) is 16.2. The normalized spacial score (nSPS) is 15.5. The molecule has 0 bridgehead atoms. The SMILES string of the molecule is C=C(C)C([C@@H](C)[C@H](C)CC)P(=O)(c1ccccc1)c1ccccc1. The van der Waals surface area contributed by atoms with E-state index in [4.69, 9.17) is 0 Å². The summed E-state index contributed by atoms with van der Waals surface area (Å²) in [5.74, 6) is 0.797. The van der Waals surface area contributed by atoms with Gasteiger partial charge in [-0.1, -0.05) is 100 Å². The highest BCUT2D eigenvalue weighted by Crippen LogP contribution is 2.55. The molecule has 0 amide bonds. The largest absolute Gasteiger partial charge is 0.313 e. The Labute approximate surface area is 147 Å². The second kappa shape index (κ2) is 7.99. The van der Waals surface area contributed by atoms with Crippen LogP contribution in [0.2, 0.25) is 0 Å². The summed E-state index contributed by atoms with van der Waals surface area (Å²) < 4.78 is 14.6. The van der Waals surface area contributed by atoms with Gasteiger partial charge in [0.05, 0.1) is 0 Å². The Morgan fingerprint density at radius 2 is 1.38 bits per heavy atom. The minimum Gasteiger partial charge on any atom is -0.313 e. The lowest BCUT2D eigenvalue weighted by atomic mass is 9.88. The van der Waals surface area contributed by atoms with E-state index in [0.29, 0.717) is 11.8 Å². The molecule has 1 nitrogen and oxygen atoms in total. The number of rotatable bonds is 7. The molecule has 0 fully saturated rings. The first-order chi connectivity index (χ1) is 11.4. The molecular weight excluding hydrogens is 311 g/mol. The molecule has 0 aromatic heterocycles. The van der Waals surface area contributed by atoms with E-state index in [1.807, 2.05) is 67.6 Å². The van der Waals surface area contributed by atoms with Gasteiger partial charge in [0, 0.05) is 16.3 Å². The summed E-state index contributed by atoms with van der Waals surface area (Å²) in [5.41, 5.74) is 0.969. The minimum atomic E-state index is -2.81. The third kappa shape index (κ3) is 3.57. The van der Waals surface area contributed by atoms with Gasteiger partial charge in [-0.3, -0.25) is 0 Å². The van der Waals surface area contributed by atoms with E-state index in [2.05, 4.69) is 27.4 Å². The summed E-state index contributed by atoms with van der Waals surface area (Å²) in [4.78, 5) is 0. The van der Waals surface area contributed by atoms with E-state index in [0.717, 1.165) is 22.6 Å². The van der Waals surface area contributed by atoms with E-state index >= 15 is 0 Å². The Kier molecular flexibility index (Phi) is 6.24. The van der Waals surface area contributed by atoms with Crippen LogP contribution in [0.3, 0.4) is 0 Å². The van der Waals surface area contributed by atoms with Gasteiger partial charge >= 0.3 is 0 Å². The highest BCUT2D eigenvalue weighted by atomic mass is 31.2. The fraction of sp³-hybridized carbons (Fsp3) is 0.364. The molecule has 0 aliphatic heterocycles. The third-order valence-corrected chi connectivity index (χ3v) is 9.04. The van der Waals surface area contributed by atoms with Crippen LogP contribution in [-0.2, 0) is 4.57 Å². The van der Waals surface area contributed by atoms with Crippen LogP contribution >= 0.6 is 7.14 Å². The van der Waals surface area contributed by atoms with Crippen molar-refractivity contribution in [2.45, 2.75) is 39.8 Å². The fourth-order valence-electron chi connectivity index (χ4n) is 3.54. The first-order valence-corrected chi connectivity index (χ1v) is 10.6. The average Bonchev–Trinajstić information content (AvgIpc) is 2.62. The predicted octanol–water partition coefficient (Wildman–Crippen LogP) is 5.63. The summed E-state index contributed by atoms with van der Waals surface area (Å²) in [6, 6.07) is 19.9. The second-order valence-corrected chi connectivity index (χ2v) is 9.77. The van der Waals surface area contributed by atoms with Gasteiger partial charge in [-0.05, 0) is 18.8 Å². The van der Waals surface area contributed by atoms with Crippen LogP contribution in [-0.4, -0.2) is 5.66 Å². The van der Waals surface area contributed by atoms with E-state index in [1.54, 1.807) is 0 Å². The lowest BCUT2D eigenvalue weighted by Crippen LogP contribution is -2.33. The van der Waals surface area contributed by atoms with Gasteiger partial charge in [0.1, 0.15) is 7.14 Å². The maximum absolute atomic E-state index is 14.6. The summed E-state index contributed by atoms with van der Waals surface area (Å²) in [6.07, 6.45) is 1.08. The van der Waals surface area contributed by atoms with Crippen LogP contribution in [0, 0.1) is 11.8 Å². The van der Waals surface area contributed by atoms with Crippen molar-refractivity contribution in [1.82, 2.24) is 0 Å². The molecule has 0 aliphatic rings. The Morgan fingerprint density at radius 1 is 0.958 bits per heavy atom. The third-order valence-electron chi connectivity index (χ3n) is 5.22. The van der Waals surface area contributed by atoms with Gasteiger partial charge in [0.2, 0.25) is 0 Å². The molecule has 0 aliphatic carbocycles. The van der Waals surface area contributed by atoms with Crippen molar-refractivity contribution in [2.24, 2.45) is 11.8 Å². The molecule has 0 heterocycles. The second-order valence-electron chi connectivity index (χ2n) is 6.86. The molecule has 2 rings (SSSR count). The number of allylic oxidation sites excluding steroid dienone is 1. The molecular formula is C22H29OP. The highest BCUT2D eigenvalue weighted by Gasteiger charge is 2.41. The molecule has 24 heavy (non-hydrogen) atoms. The summed E-state index contributed by atoms with van der Waals surface area (Å²) in [6.45, 7) is 12.9. The zero-order chi connectivity index (χ0) is 17.7. The number of hydrogen-bond acceptors (Lipinski definition) is 1. The van der Waals surface area contributed by atoms with E-state index in [9.17, 15) is 4.57 Å². The molecule has 2 aromatic rings. The van der Waals surface area contributed by atoms with Crippen molar-refractivity contribution in [3.8, 4) is 0 Å². The zero-order valence-electron chi connectivity index (χ0n) is 15.3. The Hall–Kier alpha value is -1.59. The molecule has 3 atom stereocenters. The highest BCUT2D eigenvalue weighted by molar-refractivity contribution is 7.79. The van der Waals surface area contributed by atoms with Crippen molar-refractivity contribution in [2.75, 3.05) is 0 Å². The van der Waals surface area contributed by atoms with Crippen LogP contribution in [0.1, 0.15) is 34.1 Å². The Bertz CT molecular complexity index is 662. The minimum absolute atomic E-state index is 0.0442. The molecule has 2 heteroatoms. The van der Waals surface area contributed by atoms with Gasteiger partial charge in [0.15, 0.2) is 0 Å². The van der Waals surface area contributed by atoms with E-state index in [-0.39, 0.29) is 5.66 Å². The molecule has 128 valence electrons. The van der Waals surface area contributed by atoms with Gasteiger partial charge in [-0.15, -0.1) is 0 Å². The van der Waals surface area contributed by atoms with Crippen molar-refractivity contribution in [3.63, 3.8) is 0 Å². The molecule has 0 N–H and O–H groups in total. The first-order valence-electron chi connectivity index (χ1n) is 8.79. The molecule has 0 saturated carbocycles. The van der Waals surface area contributed by atoms with Crippen molar-refractivity contribution in [1.29, 1.82) is 0 Å². The summed E-state index contributed by atoms with van der Waals surface area (Å²) in [5, 5.41) is 1.86. The van der Waals surface area contributed by atoms with Crippen LogP contribution in [0.25, 0.3) is 0 Å². The maximum Gasteiger partial charge on any atom is 0.150 e. The molecule has 0 saturated heterocycles.